The Morgan fingerprint density at radius 1 is 1.46 bits per heavy atom. The Morgan fingerprint density at radius 3 is 2.62 bits per heavy atom. The number of carbonyl (C=O) groups is 1. The highest BCUT2D eigenvalue weighted by molar-refractivity contribution is 5.83. The molecule has 76 valence electrons. The maximum Gasteiger partial charge on any atom is 0.138 e. The first-order chi connectivity index (χ1) is 6.25. The highest BCUT2D eigenvalue weighted by Gasteiger charge is 2.24. The van der Waals surface area contributed by atoms with Gasteiger partial charge in [0.15, 0.2) is 0 Å². The average Bonchev–Trinajstić information content (AvgIpc) is 2.18. The standard InChI is InChI=1S/C11H21NO/c1-3-4-9(2)11(13)10-5-7-12-8-6-10/h9-10,12H,3-8H2,1-2H3. The summed E-state index contributed by atoms with van der Waals surface area (Å²) in [7, 11) is 0. The quantitative estimate of drug-likeness (QED) is 0.722. The molecule has 1 unspecified atom stereocenters. The molecule has 0 bridgehead atoms. The van der Waals surface area contributed by atoms with E-state index in [-0.39, 0.29) is 5.92 Å². The van der Waals surface area contributed by atoms with Crippen LogP contribution in [0.4, 0.5) is 0 Å². The van der Waals surface area contributed by atoms with Gasteiger partial charge in [0.1, 0.15) is 5.78 Å². The third-order valence-corrected chi connectivity index (χ3v) is 2.95. The van der Waals surface area contributed by atoms with Crippen LogP contribution in [0.1, 0.15) is 39.5 Å². The van der Waals surface area contributed by atoms with E-state index in [1.54, 1.807) is 0 Å². The third kappa shape index (κ3) is 3.11. The van der Waals surface area contributed by atoms with E-state index >= 15 is 0 Å². The zero-order valence-corrected chi connectivity index (χ0v) is 8.81. The molecule has 1 fully saturated rings. The molecule has 0 saturated carbocycles. The lowest BCUT2D eigenvalue weighted by Crippen LogP contribution is -2.34. The van der Waals surface area contributed by atoms with Gasteiger partial charge in [0, 0.05) is 11.8 Å². The van der Waals surface area contributed by atoms with Crippen molar-refractivity contribution in [1.29, 1.82) is 0 Å². The molecule has 0 aromatic heterocycles. The normalized spacial score (nSPS) is 21.4. The fraction of sp³-hybridized carbons (Fsp3) is 0.909. The molecule has 0 aliphatic carbocycles. The van der Waals surface area contributed by atoms with Gasteiger partial charge in [-0.15, -0.1) is 0 Å². The second-order valence-corrected chi connectivity index (χ2v) is 4.12. The van der Waals surface area contributed by atoms with Gasteiger partial charge in [-0.3, -0.25) is 4.79 Å². The number of piperidine rings is 1. The summed E-state index contributed by atoms with van der Waals surface area (Å²) in [5.41, 5.74) is 0. The van der Waals surface area contributed by atoms with Crippen LogP contribution in [-0.2, 0) is 4.79 Å². The van der Waals surface area contributed by atoms with Crippen molar-refractivity contribution in [2.75, 3.05) is 13.1 Å². The Bertz CT molecular complexity index is 161. The Morgan fingerprint density at radius 2 is 2.08 bits per heavy atom. The second kappa shape index (κ2) is 5.38. The molecule has 2 nitrogen and oxygen atoms in total. The lowest BCUT2D eigenvalue weighted by molar-refractivity contribution is -0.127. The minimum atomic E-state index is 0.285. The van der Waals surface area contributed by atoms with Crippen LogP contribution in [0.3, 0.4) is 0 Å². The van der Waals surface area contributed by atoms with Gasteiger partial charge in [0.2, 0.25) is 0 Å². The lowest BCUT2D eigenvalue weighted by Gasteiger charge is -2.23. The first kappa shape index (κ1) is 10.7. The first-order valence-corrected chi connectivity index (χ1v) is 5.50. The van der Waals surface area contributed by atoms with Crippen molar-refractivity contribution in [2.45, 2.75) is 39.5 Å². The molecule has 0 aromatic carbocycles. The lowest BCUT2D eigenvalue weighted by atomic mass is 9.85. The van der Waals surface area contributed by atoms with E-state index < -0.39 is 0 Å². The SMILES string of the molecule is CCCC(C)C(=O)C1CCNCC1. The molecule has 0 radical (unpaired) electrons. The number of carbonyl (C=O) groups excluding carboxylic acids is 1. The molecular weight excluding hydrogens is 162 g/mol. The molecular formula is C11H21NO. The summed E-state index contributed by atoms with van der Waals surface area (Å²) in [5.74, 6) is 1.14. The summed E-state index contributed by atoms with van der Waals surface area (Å²) in [4.78, 5) is 11.9. The highest BCUT2D eigenvalue weighted by Crippen LogP contribution is 2.19. The Labute approximate surface area is 81.1 Å². The van der Waals surface area contributed by atoms with Crippen molar-refractivity contribution in [2.24, 2.45) is 11.8 Å². The van der Waals surface area contributed by atoms with Crippen molar-refractivity contribution in [3.8, 4) is 0 Å². The van der Waals surface area contributed by atoms with Crippen molar-refractivity contribution in [3.05, 3.63) is 0 Å². The number of hydrogen-bond acceptors (Lipinski definition) is 2. The fourth-order valence-corrected chi connectivity index (χ4v) is 2.08. The molecule has 0 aromatic rings. The van der Waals surface area contributed by atoms with Crippen LogP contribution in [0.25, 0.3) is 0 Å². The molecule has 0 amide bonds. The topological polar surface area (TPSA) is 29.1 Å². The van der Waals surface area contributed by atoms with Crippen LogP contribution in [0, 0.1) is 11.8 Å². The largest absolute Gasteiger partial charge is 0.317 e. The molecule has 1 atom stereocenters. The van der Waals surface area contributed by atoms with Crippen molar-refractivity contribution >= 4 is 5.78 Å². The molecule has 1 N–H and O–H groups in total. The first-order valence-electron chi connectivity index (χ1n) is 5.50. The van der Waals surface area contributed by atoms with Gasteiger partial charge in [-0.1, -0.05) is 20.3 Å². The highest BCUT2D eigenvalue weighted by atomic mass is 16.1. The minimum Gasteiger partial charge on any atom is -0.317 e. The maximum atomic E-state index is 11.9. The van der Waals surface area contributed by atoms with E-state index in [4.69, 9.17) is 0 Å². The smallest absolute Gasteiger partial charge is 0.138 e. The third-order valence-electron chi connectivity index (χ3n) is 2.95. The molecule has 1 saturated heterocycles. The van der Waals surface area contributed by atoms with E-state index in [0.717, 1.165) is 38.8 Å². The predicted octanol–water partition coefficient (Wildman–Crippen LogP) is 1.99. The molecule has 2 heteroatoms. The van der Waals surface area contributed by atoms with Gasteiger partial charge >= 0.3 is 0 Å². The molecule has 1 aliphatic rings. The number of ketones is 1. The van der Waals surface area contributed by atoms with Crippen molar-refractivity contribution in [1.82, 2.24) is 5.32 Å². The average molecular weight is 183 g/mol. The van der Waals surface area contributed by atoms with Gasteiger partial charge in [-0.05, 0) is 32.4 Å². The Balaban J connectivity index is 2.36. The monoisotopic (exact) mass is 183 g/mol. The summed E-state index contributed by atoms with van der Waals surface area (Å²) in [6.45, 7) is 6.27. The Hall–Kier alpha value is -0.370. The van der Waals surface area contributed by atoms with Gasteiger partial charge in [0.25, 0.3) is 0 Å². The number of rotatable bonds is 4. The van der Waals surface area contributed by atoms with Crippen molar-refractivity contribution in [3.63, 3.8) is 0 Å². The van der Waals surface area contributed by atoms with Crippen LogP contribution < -0.4 is 5.32 Å². The summed E-state index contributed by atoms with van der Waals surface area (Å²) >= 11 is 0. The maximum absolute atomic E-state index is 11.9. The van der Waals surface area contributed by atoms with E-state index in [0.29, 0.717) is 11.7 Å². The summed E-state index contributed by atoms with van der Waals surface area (Å²) in [6, 6.07) is 0. The van der Waals surface area contributed by atoms with Gasteiger partial charge in [-0.2, -0.15) is 0 Å². The van der Waals surface area contributed by atoms with E-state index in [2.05, 4.69) is 19.2 Å². The molecule has 13 heavy (non-hydrogen) atoms. The molecule has 1 heterocycles. The number of hydrogen-bond donors (Lipinski definition) is 1. The van der Waals surface area contributed by atoms with E-state index in [1.165, 1.54) is 0 Å². The van der Waals surface area contributed by atoms with Crippen molar-refractivity contribution < 1.29 is 4.79 Å². The fourth-order valence-electron chi connectivity index (χ4n) is 2.08. The van der Waals surface area contributed by atoms with E-state index in [9.17, 15) is 4.79 Å². The predicted molar refractivity (Wildman–Crippen MR) is 54.7 cm³/mol. The van der Waals surface area contributed by atoms with E-state index in [1.807, 2.05) is 0 Å². The minimum absolute atomic E-state index is 0.285. The van der Waals surface area contributed by atoms with Crippen LogP contribution in [-0.4, -0.2) is 18.9 Å². The summed E-state index contributed by atoms with van der Waals surface area (Å²) < 4.78 is 0. The Kier molecular flexibility index (Phi) is 4.43. The van der Waals surface area contributed by atoms with Gasteiger partial charge < -0.3 is 5.32 Å². The van der Waals surface area contributed by atoms with Gasteiger partial charge in [0.05, 0.1) is 0 Å². The second-order valence-electron chi connectivity index (χ2n) is 4.12. The summed E-state index contributed by atoms with van der Waals surface area (Å²) in [5, 5.41) is 3.29. The van der Waals surface area contributed by atoms with Crippen LogP contribution in [0.15, 0.2) is 0 Å². The van der Waals surface area contributed by atoms with Gasteiger partial charge in [-0.25, -0.2) is 0 Å². The van der Waals surface area contributed by atoms with Crippen LogP contribution in [0.5, 0.6) is 0 Å². The molecule has 1 aliphatic heterocycles. The molecule has 0 spiro atoms. The summed E-state index contributed by atoms with van der Waals surface area (Å²) in [6.07, 6.45) is 4.28. The zero-order chi connectivity index (χ0) is 9.68. The molecule has 1 rings (SSSR count). The zero-order valence-electron chi connectivity index (χ0n) is 8.81. The van der Waals surface area contributed by atoms with Crippen LogP contribution in [0.2, 0.25) is 0 Å². The number of nitrogens with one attached hydrogen (secondary N) is 1. The number of Topliss-reactive ketones (excluding diaryl/α,β-unsaturated/α-hetero) is 1. The van der Waals surface area contributed by atoms with Crippen LogP contribution >= 0.6 is 0 Å².